The zero-order valence-electron chi connectivity index (χ0n) is 11.8. The number of nitrogens with zero attached hydrogens (tertiary/aromatic N) is 2. The Morgan fingerprint density at radius 3 is 2.50 bits per heavy atom. The molecular formula is C13H17N3O2S2. The van der Waals surface area contributed by atoms with Gasteiger partial charge in [-0.05, 0) is 31.6 Å². The van der Waals surface area contributed by atoms with Gasteiger partial charge in [-0.3, -0.25) is 4.79 Å². The van der Waals surface area contributed by atoms with Crippen molar-refractivity contribution >= 4 is 35.1 Å². The maximum absolute atomic E-state index is 12.1. The van der Waals surface area contributed by atoms with Crippen molar-refractivity contribution in [3.8, 4) is 0 Å². The largest absolute Gasteiger partial charge is 0.315 e. The van der Waals surface area contributed by atoms with Crippen LogP contribution in [-0.2, 0) is 4.79 Å². The van der Waals surface area contributed by atoms with E-state index in [4.69, 9.17) is 0 Å². The van der Waals surface area contributed by atoms with Crippen molar-refractivity contribution in [2.45, 2.75) is 22.3 Å². The lowest BCUT2D eigenvalue weighted by Gasteiger charge is -2.22. The Morgan fingerprint density at radius 2 is 1.95 bits per heavy atom. The number of hydrogen-bond acceptors (Lipinski definition) is 6. The van der Waals surface area contributed by atoms with Crippen LogP contribution in [0.25, 0.3) is 0 Å². The predicted octanol–water partition coefficient (Wildman–Crippen LogP) is 2.04. The molecule has 2 rings (SSSR count). The van der Waals surface area contributed by atoms with Gasteiger partial charge >= 0.3 is 0 Å². The van der Waals surface area contributed by atoms with Crippen LogP contribution in [0.15, 0.2) is 33.1 Å². The van der Waals surface area contributed by atoms with Gasteiger partial charge in [-0.1, -0.05) is 6.07 Å². The summed E-state index contributed by atoms with van der Waals surface area (Å²) in [7, 11) is 1.58. The summed E-state index contributed by atoms with van der Waals surface area (Å²) < 4.78 is 0. The number of carbonyl (C=O) groups excluding carboxylic acids is 1. The number of likely N-dealkylation sites (N-methyl/N-ethyl adjacent to an activating group) is 1. The minimum absolute atomic E-state index is 0.283. The lowest BCUT2D eigenvalue weighted by atomic mass is 9.91. The second-order valence-corrected chi connectivity index (χ2v) is 6.28. The minimum Gasteiger partial charge on any atom is -0.315 e. The smallest absolute Gasteiger partial charge is 0.270 e. The molecule has 1 aromatic rings. The van der Waals surface area contributed by atoms with Crippen molar-refractivity contribution in [3.05, 3.63) is 23.8 Å². The molecule has 1 atom stereocenters. The first kappa shape index (κ1) is 15.4. The fourth-order valence-corrected chi connectivity index (χ4v) is 3.63. The summed E-state index contributed by atoms with van der Waals surface area (Å²) in [5.41, 5.74) is 2.25. The average Bonchev–Trinajstić information content (AvgIpc) is 2.71. The van der Waals surface area contributed by atoms with Gasteiger partial charge in [0.2, 0.25) is 0 Å². The van der Waals surface area contributed by atoms with E-state index in [1.165, 1.54) is 9.90 Å². The van der Waals surface area contributed by atoms with E-state index in [-0.39, 0.29) is 5.91 Å². The number of nitrogens with one attached hydrogen (secondary N) is 1. The Balaban J connectivity index is 2.51. The van der Waals surface area contributed by atoms with Crippen molar-refractivity contribution in [1.29, 1.82) is 0 Å². The fraction of sp³-hybridized carbons (Fsp3) is 0.385. The van der Waals surface area contributed by atoms with Gasteiger partial charge in [-0.2, -0.15) is 10.6 Å². The molecule has 0 saturated heterocycles. The monoisotopic (exact) mass is 311 g/mol. The number of carbonyl (C=O) groups is 1. The van der Waals surface area contributed by atoms with E-state index in [1.54, 1.807) is 37.5 Å². The molecule has 0 fully saturated rings. The summed E-state index contributed by atoms with van der Waals surface area (Å²) in [5.74, 6) is -0.283. The number of hydroxylamine groups is 1. The maximum atomic E-state index is 12.1. The van der Waals surface area contributed by atoms with Crippen LogP contribution >= 0.6 is 23.5 Å². The van der Waals surface area contributed by atoms with Crippen LogP contribution < -0.4 is 5.48 Å². The van der Waals surface area contributed by atoms with Crippen LogP contribution in [0, 0.1) is 0 Å². The zero-order chi connectivity index (χ0) is 14.9. The Kier molecular flexibility index (Phi) is 4.43. The van der Waals surface area contributed by atoms with E-state index in [1.807, 2.05) is 30.7 Å². The van der Waals surface area contributed by atoms with E-state index in [9.17, 15) is 10.0 Å². The standard InChI is InChI=1S/C13H17N3O2S2/c1-13(15-18)11(14-16(2)12(13)17)8-5-6-9(19-3)10(7-8)20-4/h5-7,15,18H,1-4H3. The topological polar surface area (TPSA) is 64.9 Å². The Bertz CT molecular complexity index is 577. The molecule has 1 aliphatic heterocycles. The second kappa shape index (κ2) is 5.77. The first-order chi connectivity index (χ1) is 9.47. The summed E-state index contributed by atoms with van der Waals surface area (Å²) in [6.45, 7) is 1.62. The minimum atomic E-state index is -1.20. The van der Waals surface area contributed by atoms with Gasteiger partial charge < -0.3 is 5.21 Å². The van der Waals surface area contributed by atoms with Crippen LogP contribution in [0.5, 0.6) is 0 Å². The summed E-state index contributed by atoms with van der Waals surface area (Å²) in [4.78, 5) is 14.4. The SMILES string of the molecule is CSc1ccc(C2=NN(C)C(=O)C2(C)NO)cc1SC. The Hall–Kier alpha value is -1.02. The van der Waals surface area contributed by atoms with Crippen molar-refractivity contribution in [2.24, 2.45) is 5.10 Å². The third-order valence-electron chi connectivity index (χ3n) is 3.33. The van der Waals surface area contributed by atoms with Crippen LogP contribution in [0.4, 0.5) is 0 Å². The summed E-state index contributed by atoms with van der Waals surface area (Å²) in [5, 5.41) is 14.9. The van der Waals surface area contributed by atoms with Gasteiger partial charge in [0.05, 0.1) is 5.71 Å². The quantitative estimate of drug-likeness (QED) is 0.658. The molecule has 0 bridgehead atoms. The van der Waals surface area contributed by atoms with E-state index in [2.05, 4.69) is 10.6 Å². The molecule has 0 spiro atoms. The number of thioether (sulfide) groups is 2. The van der Waals surface area contributed by atoms with Gasteiger partial charge in [0.1, 0.15) is 0 Å². The van der Waals surface area contributed by atoms with Crippen LogP contribution in [-0.4, -0.2) is 46.9 Å². The molecule has 1 aromatic carbocycles. The molecule has 1 unspecified atom stereocenters. The third-order valence-corrected chi connectivity index (χ3v) is 5.03. The molecule has 1 aliphatic rings. The lowest BCUT2D eigenvalue weighted by Crippen LogP contribution is -2.53. The highest BCUT2D eigenvalue weighted by atomic mass is 32.2. The lowest BCUT2D eigenvalue weighted by molar-refractivity contribution is -0.134. The number of benzene rings is 1. The Morgan fingerprint density at radius 1 is 1.30 bits per heavy atom. The zero-order valence-corrected chi connectivity index (χ0v) is 13.4. The fourth-order valence-electron chi connectivity index (χ4n) is 2.15. The van der Waals surface area contributed by atoms with Crippen molar-refractivity contribution in [2.75, 3.05) is 19.6 Å². The number of rotatable bonds is 4. The predicted molar refractivity (Wildman–Crippen MR) is 82.6 cm³/mol. The first-order valence-corrected chi connectivity index (χ1v) is 8.43. The van der Waals surface area contributed by atoms with Gasteiger partial charge in [-0.25, -0.2) is 5.01 Å². The molecular weight excluding hydrogens is 294 g/mol. The molecule has 0 radical (unpaired) electrons. The van der Waals surface area contributed by atoms with Crippen LogP contribution in [0.3, 0.4) is 0 Å². The molecule has 0 aliphatic carbocycles. The van der Waals surface area contributed by atoms with Crippen molar-refractivity contribution < 1.29 is 10.0 Å². The molecule has 5 nitrogen and oxygen atoms in total. The molecule has 1 heterocycles. The highest BCUT2D eigenvalue weighted by Crippen LogP contribution is 2.31. The number of hydrazone groups is 1. The first-order valence-electron chi connectivity index (χ1n) is 5.98. The molecule has 2 N–H and O–H groups in total. The van der Waals surface area contributed by atoms with Crippen molar-refractivity contribution in [3.63, 3.8) is 0 Å². The summed E-state index contributed by atoms with van der Waals surface area (Å²) in [6.07, 6.45) is 4.04. The summed E-state index contributed by atoms with van der Waals surface area (Å²) in [6, 6.07) is 5.93. The van der Waals surface area contributed by atoms with E-state index >= 15 is 0 Å². The van der Waals surface area contributed by atoms with Crippen LogP contribution in [0.2, 0.25) is 0 Å². The van der Waals surface area contributed by atoms with E-state index in [0.29, 0.717) is 5.71 Å². The van der Waals surface area contributed by atoms with Crippen LogP contribution in [0.1, 0.15) is 12.5 Å². The highest BCUT2D eigenvalue weighted by Gasteiger charge is 2.46. The van der Waals surface area contributed by atoms with Crippen molar-refractivity contribution in [1.82, 2.24) is 10.5 Å². The van der Waals surface area contributed by atoms with E-state index in [0.717, 1.165) is 10.5 Å². The molecule has 0 saturated carbocycles. The number of amides is 1. The average molecular weight is 311 g/mol. The third kappa shape index (κ3) is 2.35. The summed E-state index contributed by atoms with van der Waals surface area (Å²) >= 11 is 3.32. The molecule has 7 heteroatoms. The molecule has 20 heavy (non-hydrogen) atoms. The van der Waals surface area contributed by atoms with E-state index < -0.39 is 5.54 Å². The Labute approximate surface area is 126 Å². The molecule has 1 amide bonds. The highest BCUT2D eigenvalue weighted by molar-refractivity contribution is 8.01. The normalized spacial score (nSPS) is 22.4. The van der Waals surface area contributed by atoms with Gasteiger partial charge in [0.15, 0.2) is 5.54 Å². The number of hydrogen-bond donors (Lipinski definition) is 2. The van der Waals surface area contributed by atoms with Gasteiger partial charge in [0, 0.05) is 22.4 Å². The molecule has 0 aromatic heterocycles. The van der Waals surface area contributed by atoms with Gasteiger partial charge in [-0.15, -0.1) is 23.5 Å². The maximum Gasteiger partial charge on any atom is 0.270 e. The van der Waals surface area contributed by atoms with Gasteiger partial charge in [0.25, 0.3) is 5.91 Å². The second-order valence-electron chi connectivity index (χ2n) is 4.58. The molecule has 108 valence electrons.